The summed E-state index contributed by atoms with van der Waals surface area (Å²) in [5.41, 5.74) is 0.749. The van der Waals surface area contributed by atoms with Gasteiger partial charge >= 0.3 is 0 Å². The minimum Gasteiger partial charge on any atom is -0.497 e. The van der Waals surface area contributed by atoms with Gasteiger partial charge in [-0.2, -0.15) is 4.31 Å². The molecule has 2 amide bonds. The second-order valence-electron chi connectivity index (χ2n) is 8.82. The predicted molar refractivity (Wildman–Crippen MR) is 135 cm³/mol. The monoisotopic (exact) mass is 516 g/mol. The number of anilines is 1. The molecule has 1 atom stereocenters. The average molecular weight is 517 g/mol. The molecule has 1 unspecified atom stereocenters. The molecular formula is C25H32N4O6S. The van der Waals surface area contributed by atoms with Crippen molar-refractivity contribution in [3.05, 3.63) is 48.5 Å². The van der Waals surface area contributed by atoms with Gasteiger partial charge in [-0.1, -0.05) is 0 Å². The van der Waals surface area contributed by atoms with Crippen LogP contribution < -0.4 is 19.7 Å². The number of nitrogens with one attached hydrogen (secondary N) is 1. The summed E-state index contributed by atoms with van der Waals surface area (Å²) in [6.45, 7) is 3.34. The van der Waals surface area contributed by atoms with Gasteiger partial charge in [-0.15, -0.1) is 0 Å². The quantitative estimate of drug-likeness (QED) is 0.533. The highest BCUT2D eigenvalue weighted by Gasteiger charge is 2.35. The van der Waals surface area contributed by atoms with Gasteiger partial charge in [-0.25, -0.2) is 8.42 Å². The molecule has 4 rings (SSSR count). The Morgan fingerprint density at radius 2 is 1.53 bits per heavy atom. The number of methoxy groups -OCH3 is 2. The third kappa shape index (κ3) is 5.80. The molecule has 0 saturated carbocycles. The van der Waals surface area contributed by atoms with Gasteiger partial charge in [0.05, 0.1) is 25.0 Å². The van der Waals surface area contributed by atoms with Crippen LogP contribution in [0.5, 0.6) is 11.5 Å². The molecule has 2 aliphatic rings. The molecule has 2 aromatic carbocycles. The van der Waals surface area contributed by atoms with E-state index in [-0.39, 0.29) is 23.1 Å². The number of hydrogen-bond acceptors (Lipinski definition) is 7. The van der Waals surface area contributed by atoms with Crippen molar-refractivity contribution in [2.75, 3.05) is 64.9 Å². The van der Waals surface area contributed by atoms with Crippen LogP contribution in [0.1, 0.15) is 6.42 Å². The molecule has 0 aliphatic carbocycles. The summed E-state index contributed by atoms with van der Waals surface area (Å²) in [6.07, 6.45) is 0.180. The van der Waals surface area contributed by atoms with Crippen LogP contribution >= 0.6 is 0 Å². The summed E-state index contributed by atoms with van der Waals surface area (Å²) in [5.74, 6) is 0.704. The van der Waals surface area contributed by atoms with Crippen molar-refractivity contribution in [2.24, 2.45) is 5.92 Å². The second kappa shape index (κ2) is 11.3. The van der Waals surface area contributed by atoms with E-state index in [1.165, 1.54) is 11.4 Å². The fraction of sp³-hybridized carbons (Fsp3) is 0.440. The first-order valence-electron chi connectivity index (χ1n) is 11.9. The van der Waals surface area contributed by atoms with Gasteiger partial charge in [0.2, 0.25) is 21.8 Å². The van der Waals surface area contributed by atoms with Crippen molar-refractivity contribution < 1.29 is 27.5 Å². The van der Waals surface area contributed by atoms with Crippen molar-refractivity contribution in [3.8, 4) is 11.5 Å². The van der Waals surface area contributed by atoms with Crippen LogP contribution in [-0.2, 0) is 19.6 Å². The molecule has 0 aromatic heterocycles. The van der Waals surface area contributed by atoms with Crippen LogP contribution in [0.2, 0.25) is 0 Å². The normalized spacial score (nSPS) is 19.3. The zero-order chi connectivity index (χ0) is 25.7. The highest BCUT2D eigenvalue weighted by molar-refractivity contribution is 7.89. The van der Waals surface area contributed by atoms with E-state index in [0.717, 1.165) is 5.69 Å². The molecule has 36 heavy (non-hydrogen) atoms. The summed E-state index contributed by atoms with van der Waals surface area (Å²) in [5, 5.41) is 2.94. The summed E-state index contributed by atoms with van der Waals surface area (Å²) in [7, 11) is -0.434. The van der Waals surface area contributed by atoms with Gasteiger partial charge in [0, 0.05) is 57.9 Å². The van der Waals surface area contributed by atoms with Crippen molar-refractivity contribution in [1.29, 1.82) is 0 Å². The summed E-state index contributed by atoms with van der Waals surface area (Å²) in [4.78, 5) is 29.1. The maximum Gasteiger partial charge on any atom is 0.243 e. The number of sulfonamides is 1. The number of ether oxygens (including phenoxy) is 2. The smallest absolute Gasteiger partial charge is 0.243 e. The topological polar surface area (TPSA) is 108 Å². The number of nitrogens with zero attached hydrogens (tertiary/aromatic N) is 3. The average Bonchev–Trinajstić information content (AvgIpc) is 3.30. The number of hydrogen-bond donors (Lipinski definition) is 1. The molecule has 2 fully saturated rings. The molecule has 2 aliphatic heterocycles. The Morgan fingerprint density at radius 1 is 0.944 bits per heavy atom. The lowest BCUT2D eigenvalue weighted by molar-refractivity contribution is -0.126. The molecule has 10 nitrogen and oxygen atoms in total. The Kier molecular flexibility index (Phi) is 8.12. The van der Waals surface area contributed by atoms with E-state index in [1.54, 1.807) is 48.4 Å². The highest BCUT2D eigenvalue weighted by Crippen LogP contribution is 2.27. The SMILES string of the molecule is COc1ccc(N2CC(C(=O)NCCN3CCN(S(=O)(=O)c4ccc(OC)cc4)CC3)CC2=O)cc1. The van der Waals surface area contributed by atoms with Crippen LogP contribution in [0.15, 0.2) is 53.4 Å². The Bertz CT molecular complexity index is 1160. The van der Waals surface area contributed by atoms with E-state index in [9.17, 15) is 18.0 Å². The van der Waals surface area contributed by atoms with Gasteiger partial charge in [-0.05, 0) is 48.5 Å². The van der Waals surface area contributed by atoms with Crippen molar-refractivity contribution >= 4 is 27.5 Å². The fourth-order valence-electron chi connectivity index (χ4n) is 4.47. The maximum absolute atomic E-state index is 12.9. The van der Waals surface area contributed by atoms with E-state index in [0.29, 0.717) is 57.3 Å². The minimum absolute atomic E-state index is 0.0745. The van der Waals surface area contributed by atoms with Crippen molar-refractivity contribution in [2.45, 2.75) is 11.3 Å². The Hall–Kier alpha value is -3.15. The molecule has 1 N–H and O–H groups in total. The minimum atomic E-state index is -3.56. The summed E-state index contributed by atoms with van der Waals surface area (Å²) in [6, 6.07) is 13.6. The molecular weight excluding hydrogens is 484 g/mol. The van der Waals surface area contributed by atoms with Crippen LogP contribution in [-0.4, -0.2) is 89.5 Å². The number of carbonyl (C=O) groups excluding carboxylic acids is 2. The molecule has 2 aromatic rings. The lowest BCUT2D eigenvalue weighted by Gasteiger charge is -2.34. The van der Waals surface area contributed by atoms with Crippen molar-refractivity contribution in [1.82, 2.24) is 14.5 Å². The Balaban J connectivity index is 1.21. The third-order valence-electron chi connectivity index (χ3n) is 6.64. The third-order valence-corrected chi connectivity index (χ3v) is 8.55. The lowest BCUT2D eigenvalue weighted by Crippen LogP contribution is -2.50. The predicted octanol–water partition coefficient (Wildman–Crippen LogP) is 1.18. The molecule has 11 heteroatoms. The zero-order valence-corrected chi connectivity index (χ0v) is 21.4. The van der Waals surface area contributed by atoms with E-state index in [4.69, 9.17) is 9.47 Å². The first-order chi connectivity index (χ1) is 17.3. The fourth-order valence-corrected chi connectivity index (χ4v) is 5.89. The number of amides is 2. The molecule has 194 valence electrons. The van der Waals surface area contributed by atoms with Crippen LogP contribution in [0.25, 0.3) is 0 Å². The van der Waals surface area contributed by atoms with E-state index < -0.39 is 15.9 Å². The van der Waals surface area contributed by atoms with Crippen molar-refractivity contribution in [3.63, 3.8) is 0 Å². The molecule has 0 radical (unpaired) electrons. The Labute approximate surface area is 211 Å². The highest BCUT2D eigenvalue weighted by atomic mass is 32.2. The molecule has 2 saturated heterocycles. The van der Waals surface area contributed by atoms with Gasteiger partial charge in [0.15, 0.2) is 0 Å². The van der Waals surface area contributed by atoms with Gasteiger partial charge in [0.1, 0.15) is 11.5 Å². The van der Waals surface area contributed by atoms with Gasteiger partial charge in [-0.3, -0.25) is 14.5 Å². The van der Waals surface area contributed by atoms with Crippen LogP contribution in [0.3, 0.4) is 0 Å². The largest absolute Gasteiger partial charge is 0.497 e. The first-order valence-corrected chi connectivity index (χ1v) is 13.3. The van der Waals surface area contributed by atoms with E-state index >= 15 is 0 Å². The van der Waals surface area contributed by atoms with Crippen LogP contribution in [0.4, 0.5) is 5.69 Å². The van der Waals surface area contributed by atoms with Gasteiger partial charge in [0.25, 0.3) is 0 Å². The maximum atomic E-state index is 12.9. The summed E-state index contributed by atoms with van der Waals surface area (Å²) >= 11 is 0. The molecule has 0 bridgehead atoms. The molecule has 0 spiro atoms. The van der Waals surface area contributed by atoms with E-state index in [2.05, 4.69) is 10.2 Å². The second-order valence-corrected chi connectivity index (χ2v) is 10.8. The van der Waals surface area contributed by atoms with Crippen LogP contribution in [0, 0.1) is 5.92 Å². The number of carbonyl (C=O) groups is 2. The summed E-state index contributed by atoms with van der Waals surface area (Å²) < 4.78 is 37.5. The Morgan fingerprint density at radius 3 is 2.11 bits per heavy atom. The standard InChI is InChI=1S/C25H32N4O6S/c1-34-21-5-3-20(4-6-21)29-18-19(17-24(29)30)25(31)26-11-12-27-13-15-28(16-14-27)36(32,33)23-9-7-22(35-2)8-10-23/h3-10,19H,11-18H2,1-2H3,(H,26,31). The number of rotatable bonds is 9. The number of benzene rings is 2. The van der Waals surface area contributed by atoms with Gasteiger partial charge < -0.3 is 19.7 Å². The lowest BCUT2D eigenvalue weighted by atomic mass is 10.1. The molecule has 2 heterocycles. The van der Waals surface area contributed by atoms with E-state index in [1.807, 2.05) is 12.1 Å². The zero-order valence-electron chi connectivity index (χ0n) is 20.6. The first kappa shape index (κ1) is 25.9. The number of piperazine rings is 1.